The molecule has 3 aromatic rings. The minimum absolute atomic E-state index is 0.113. The van der Waals surface area contributed by atoms with Crippen LogP contribution in [0.1, 0.15) is 45.9 Å². The fraction of sp³-hybridized carbons (Fsp3) is 0.308. The zero-order valence-electron chi connectivity index (χ0n) is 19.5. The third-order valence-electron chi connectivity index (χ3n) is 5.46. The van der Waals surface area contributed by atoms with E-state index in [1.165, 1.54) is 0 Å². The molecule has 34 heavy (non-hydrogen) atoms. The van der Waals surface area contributed by atoms with Gasteiger partial charge < -0.3 is 29.6 Å². The van der Waals surface area contributed by atoms with E-state index in [2.05, 4.69) is 5.32 Å². The van der Waals surface area contributed by atoms with Gasteiger partial charge in [0.1, 0.15) is 18.8 Å². The Morgan fingerprint density at radius 3 is 2.32 bits per heavy atom. The van der Waals surface area contributed by atoms with Gasteiger partial charge in [0, 0.05) is 29.2 Å². The van der Waals surface area contributed by atoms with Crippen LogP contribution in [0.2, 0.25) is 0 Å². The number of carbonyl (C=O) groups is 2. The van der Waals surface area contributed by atoms with Crippen LogP contribution >= 0.6 is 0 Å². The monoisotopic (exact) mass is 466 g/mol. The van der Waals surface area contributed by atoms with Crippen molar-refractivity contribution in [1.82, 2.24) is 9.88 Å². The van der Waals surface area contributed by atoms with E-state index >= 15 is 0 Å². The van der Waals surface area contributed by atoms with Crippen molar-refractivity contribution in [3.05, 3.63) is 88.7 Å². The van der Waals surface area contributed by atoms with Crippen LogP contribution < -0.4 is 5.32 Å². The number of aryl methyl sites for hydroxylation is 1. The first kappa shape index (κ1) is 25.0. The lowest BCUT2D eigenvalue weighted by molar-refractivity contribution is 0.0180. The van der Waals surface area contributed by atoms with E-state index in [9.17, 15) is 19.8 Å². The van der Waals surface area contributed by atoms with Crippen molar-refractivity contribution in [1.29, 1.82) is 0 Å². The number of hydrogen-bond donors (Lipinski definition) is 3. The molecule has 1 amide bonds. The van der Waals surface area contributed by atoms with Gasteiger partial charge in [-0.2, -0.15) is 0 Å². The highest BCUT2D eigenvalue weighted by molar-refractivity contribution is 5.89. The zero-order valence-corrected chi connectivity index (χ0v) is 19.5. The number of amides is 1. The smallest absolute Gasteiger partial charge is 0.407 e. The summed E-state index contributed by atoms with van der Waals surface area (Å²) in [6, 6.07) is 18.0. The van der Waals surface area contributed by atoms with E-state index in [0.717, 1.165) is 22.6 Å². The molecule has 2 atom stereocenters. The van der Waals surface area contributed by atoms with E-state index in [-0.39, 0.29) is 19.1 Å². The van der Waals surface area contributed by atoms with Gasteiger partial charge in [0.2, 0.25) is 0 Å². The zero-order chi connectivity index (χ0) is 24.7. The summed E-state index contributed by atoms with van der Waals surface area (Å²) in [6.45, 7) is 5.71. The average Bonchev–Trinajstić information content (AvgIpc) is 3.15. The number of rotatable bonds is 9. The van der Waals surface area contributed by atoms with Crippen molar-refractivity contribution in [3.63, 3.8) is 0 Å². The summed E-state index contributed by atoms with van der Waals surface area (Å²) in [4.78, 5) is 23.8. The summed E-state index contributed by atoms with van der Waals surface area (Å²) in [5.74, 6) is -0.385. The fourth-order valence-corrected chi connectivity index (χ4v) is 3.73. The Morgan fingerprint density at radius 2 is 1.68 bits per heavy atom. The molecule has 1 heterocycles. The average molecular weight is 467 g/mol. The number of benzene rings is 2. The molecule has 0 fully saturated rings. The number of aromatic nitrogens is 1. The number of hydrogen-bond acceptors (Lipinski definition) is 6. The SMILES string of the molecule is CCOC(=O)c1ccc(-n2c(C)cc(C(O)C(O)CNC(=O)OCc3ccccc3)c2C)cc1. The Kier molecular flexibility index (Phi) is 8.45. The minimum atomic E-state index is -1.23. The molecule has 0 radical (unpaired) electrons. The quantitative estimate of drug-likeness (QED) is 0.416. The van der Waals surface area contributed by atoms with Crippen molar-refractivity contribution in [2.75, 3.05) is 13.2 Å². The van der Waals surface area contributed by atoms with Crippen molar-refractivity contribution < 1.29 is 29.3 Å². The molecule has 2 unspecified atom stereocenters. The summed E-state index contributed by atoms with van der Waals surface area (Å²) in [6.07, 6.45) is -3.13. The van der Waals surface area contributed by atoms with Gasteiger partial charge in [0.15, 0.2) is 0 Å². The number of carbonyl (C=O) groups excluding carboxylic acids is 2. The molecule has 0 aliphatic rings. The molecule has 0 saturated heterocycles. The Hall–Kier alpha value is -3.62. The van der Waals surface area contributed by atoms with Crippen molar-refractivity contribution in [3.8, 4) is 5.69 Å². The Balaban J connectivity index is 1.62. The van der Waals surface area contributed by atoms with Gasteiger partial charge in [-0.05, 0) is 56.7 Å². The number of aliphatic hydroxyl groups is 2. The molecule has 2 aromatic carbocycles. The van der Waals surface area contributed by atoms with Crippen LogP contribution in [0.5, 0.6) is 0 Å². The van der Waals surface area contributed by atoms with E-state index in [4.69, 9.17) is 9.47 Å². The first-order valence-corrected chi connectivity index (χ1v) is 11.1. The van der Waals surface area contributed by atoms with Crippen LogP contribution in [0.4, 0.5) is 4.79 Å². The molecule has 3 rings (SSSR count). The molecule has 3 N–H and O–H groups in total. The first-order chi connectivity index (χ1) is 16.3. The minimum Gasteiger partial charge on any atom is -0.462 e. The molecular formula is C26H30N2O6. The standard InChI is InChI=1S/C26H30N2O6/c1-4-33-25(31)20-10-12-21(13-11-20)28-17(2)14-22(18(28)3)24(30)23(29)15-27-26(32)34-16-19-8-6-5-7-9-19/h5-14,23-24,29-30H,4,15-16H2,1-3H3,(H,27,32). The normalized spacial score (nSPS) is 12.6. The molecule has 8 nitrogen and oxygen atoms in total. The highest BCUT2D eigenvalue weighted by Gasteiger charge is 2.24. The highest BCUT2D eigenvalue weighted by Crippen LogP contribution is 2.27. The second kappa shape index (κ2) is 11.5. The molecule has 1 aromatic heterocycles. The molecule has 0 spiro atoms. The van der Waals surface area contributed by atoms with Crippen LogP contribution in [0.15, 0.2) is 60.7 Å². The summed E-state index contributed by atoms with van der Waals surface area (Å²) in [5.41, 5.74) is 4.23. The van der Waals surface area contributed by atoms with E-state index in [1.54, 1.807) is 37.3 Å². The summed E-state index contributed by atoms with van der Waals surface area (Å²) in [7, 11) is 0. The number of aliphatic hydroxyl groups excluding tert-OH is 2. The van der Waals surface area contributed by atoms with Gasteiger partial charge in [-0.3, -0.25) is 0 Å². The predicted octanol–water partition coefficient (Wildman–Crippen LogP) is 3.59. The summed E-state index contributed by atoms with van der Waals surface area (Å²) >= 11 is 0. The number of ether oxygens (including phenoxy) is 2. The van der Waals surface area contributed by atoms with Gasteiger partial charge >= 0.3 is 12.1 Å². The number of nitrogens with zero attached hydrogens (tertiary/aromatic N) is 1. The molecule has 0 saturated carbocycles. The molecule has 0 bridgehead atoms. The molecule has 0 aliphatic heterocycles. The van der Waals surface area contributed by atoms with Gasteiger partial charge in [-0.15, -0.1) is 0 Å². The van der Waals surface area contributed by atoms with E-state index < -0.39 is 18.3 Å². The molecule has 0 aliphatic carbocycles. The topological polar surface area (TPSA) is 110 Å². The van der Waals surface area contributed by atoms with E-state index in [0.29, 0.717) is 17.7 Å². The highest BCUT2D eigenvalue weighted by atomic mass is 16.5. The maximum absolute atomic E-state index is 11.9. The van der Waals surface area contributed by atoms with Gasteiger partial charge in [-0.25, -0.2) is 9.59 Å². The van der Waals surface area contributed by atoms with Crippen molar-refractivity contribution in [2.24, 2.45) is 0 Å². The second-order valence-electron chi connectivity index (χ2n) is 7.88. The lowest BCUT2D eigenvalue weighted by atomic mass is 10.0. The van der Waals surface area contributed by atoms with Crippen LogP contribution in [0.25, 0.3) is 5.69 Å². The number of nitrogens with one attached hydrogen (secondary N) is 1. The van der Waals surface area contributed by atoms with Gasteiger partial charge in [-0.1, -0.05) is 30.3 Å². The Labute approximate surface area is 198 Å². The van der Waals surface area contributed by atoms with Crippen LogP contribution in [-0.2, 0) is 16.1 Å². The first-order valence-electron chi connectivity index (χ1n) is 11.1. The Morgan fingerprint density at radius 1 is 1.00 bits per heavy atom. The molecule has 8 heteroatoms. The summed E-state index contributed by atoms with van der Waals surface area (Å²) in [5, 5.41) is 23.7. The lowest BCUT2D eigenvalue weighted by Gasteiger charge is -2.19. The largest absolute Gasteiger partial charge is 0.462 e. The second-order valence-corrected chi connectivity index (χ2v) is 7.88. The van der Waals surface area contributed by atoms with Gasteiger partial charge in [0.25, 0.3) is 0 Å². The third-order valence-corrected chi connectivity index (χ3v) is 5.46. The maximum atomic E-state index is 11.9. The van der Waals surface area contributed by atoms with E-state index in [1.807, 2.05) is 48.7 Å². The van der Waals surface area contributed by atoms with Crippen LogP contribution in [0.3, 0.4) is 0 Å². The number of alkyl carbamates (subject to hydrolysis) is 1. The van der Waals surface area contributed by atoms with Crippen molar-refractivity contribution >= 4 is 12.1 Å². The van der Waals surface area contributed by atoms with Crippen LogP contribution in [-0.4, -0.2) is 46.1 Å². The van der Waals surface area contributed by atoms with Crippen LogP contribution in [0, 0.1) is 13.8 Å². The third kappa shape index (κ3) is 6.03. The lowest BCUT2D eigenvalue weighted by Crippen LogP contribution is -2.35. The Bertz CT molecular complexity index is 1110. The van der Waals surface area contributed by atoms with Crippen molar-refractivity contribution in [2.45, 2.75) is 39.6 Å². The number of esters is 1. The maximum Gasteiger partial charge on any atom is 0.407 e. The fourth-order valence-electron chi connectivity index (χ4n) is 3.73. The van der Waals surface area contributed by atoms with Gasteiger partial charge in [0.05, 0.1) is 12.2 Å². The predicted molar refractivity (Wildman–Crippen MR) is 127 cm³/mol. The molecular weight excluding hydrogens is 436 g/mol. The molecule has 180 valence electrons. The summed E-state index contributed by atoms with van der Waals surface area (Å²) < 4.78 is 12.1.